The zero-order chi connectivity index (χ0) is 15.4. The Labute approximate surface area is 120 Å². The van der Waals surface area contributed by atoms with Gasteiger partial charge in [0.15, 0.2) is 11.5 Å². The first kappa shape index (κ1) is 14.4. The summed E-state index contributed by atoms with van der Waals surface area (Å²) in [6, 6.07) is 7.40. The van der Waals surface area contributed by atoms with Crippen LogP contribution in [0.2, 0.25) is 0 Å². The number of benzene rings is 1. The predicted molar refractivity (Wildman–Crippen MR) is 79.0 cm³/mol. The molecule has 0 saturated heterocycles. The van der Waals surface area contributed by atoms with Gasteiger partial charge in [0.2, 0.25) is 5.56 Å². The average molecular weight is 289 g/mol. The van der Waals surface area contributed by atoms with Crippen molar-refractivity contribution >= 4 is 17.3 Å². The molecule has 110 valence electrons. The third kappa shape index (κ3) is 3.14. The summed E-state index contributed by atoms with van der Waals surface area (Å²) in [5, 5.41) is 2.61. The molecule has 2 aromatic rings. The SMILES string of the molecule is COc1cc(N)c(NC(=O)c2cccc(=O)[nH]2)cc1OC. The second kappa shape index (κ2) is 6.00. The standard InChI is InChI=1S/C14H15N3O4/c1-20-11-6-8(15)10(7-12(11)21-2)17-14(19)9-4-3-5-13(18)16-9/h3-7H,15H2,1-2H3,(H,16,18)(H,17,19). The lowest BCUT2D eigenvalue weighted by atomic mass is 10.2. The minimum atomic E-state index is -0.480. The van der Waals surface area contributed by atoms with Crippen molar-refractivity contribution in [2.45, 2.75) is 0 Å². The van der Waals surface area contributed by atoms with Gasteiger partial charge in [-0.15, -0.1) is 0 Å². The molecule has 0 aliphatic carbocycles. The summed E-state index contributed by atoms with van der Waals surface area (Å²) < 4.78 is 10.3. The van der Waals surface area contributed by atoms with Crippen LogP contribution >= 0.6 is 0 Å². The monoisotopic (exact) mass is 289 g/mol. The topological polar surface area (TPSA) is 106 Å². The van der Waals surface area contributed by atoms with E-state index in [1.165, 1.54) is 32.4 Å². The number of amides is 1. The number of anilines is 2. The number of pyridine rings is 1. The van der Waals surface area contributed by atoms with Gasteiger partial charge in [0.05, 0.1) is 25.6 Å². The minimum Gasteiger partial charge on any atom is -0.493 e. The third-order valence-corrected chi connectivity index (χ3v) is 2.82. The number of nitrogen functional groups attached to an aromatic ring is 1. The summed E-state index contributed by atoms with van der Waals surface area (Å²) in [5.41, 5.74) is 6.31. The number of aromatic nitrogens is 1. The van der Waals surface area contributed by atoms with Crippen molar-refractivity contribution in [1.29, 1.82) is 0 Å². The Morgan fingerprint density at radius 1 is 1.19 bits per heavy atom. The molecule has 0 saturated carbocycles. The molecule has 0 radical (unpaired) electrons. The molecule has 2 rings (SSSR count). The van der Waals surface area contributed by atoms with E-state index in [0.717, 1.165) is 0 Å². The van der Waals surface area contributed by atoms with Crippen LogP contribution in [0.3, 0.4) is 0 Å². The normalized spacial score (nSPS) is 10.0. The molecule has 0 unspecified atom stereocenters. The van der Waals surface area contributed by atoms with Gasteiger partial charge in [-0.2, -0.15) is 0 Å². The van der Waals surface area contributed by atoms with Gasteiger partial charge >= 0.3 is 0 Å². The zero-order valence-corrected chi connectivity index (χ0v) is 11.6. The fourth-order valence-electron chi connectivity index (χ4n) is 1.77. The molecule has 0 fully saturated rings. The average Bonchev–Trinajstić information content (AvgIpc) is 2.48. The van der Waals surface area contributed by atoms with Crippen molar-refractivity contribution in [2.24, 2.45) is 0 Å². The first-order valence-electron chi connectivity index (χ1n) is 6.07. The predicted octanol–water partition coefficient (Wildman–Crippen LogP) is 1.23. The summed E-state index contributed by atoms with van der Waals surface area (Å²) in [7, 11) is 2.97. The highest BCUT2D eigenvalue weighted by molar-refractivity contribution is 6.04. The van der Waals surface area contributed by atoms with Crippen LogP contribution in [-0.4, -0.2) is 25.1 Å². The van der Waals surface area contributed by atoms with Crippen molar-refractivity contribution < 1.29 is 14.3 Å². The van der Waals surface area contributed by atoms with E-state index in [1.54, 1.807) is 12.1 Å². The number of carbonyl (C=O) groups is 1. The largest absolute Gasteiger partial charge is 0.493 e. The minimum absolute atomic E-state index is 0.136. The van der Waals surface area contributed by atoms with Crippen LogP contribution in [0.15, 0.2) is 35.1 Å². The maximum atomic E-state index is 12.1. The van der Waals surface area contributed by atoms with Gasteiger partial charge in [-0.3, -0.25) is 9.59 Å². The molecule has 0 aliphatic rings. The Morgan fingerprint density at radius 2 is 1.86 bits per heavy atom. The zero-order valence-electron chi connectivity index (χ0n) is 11.6. The molecule has 21 heavy (non-hydrogen) atoms. The van der Waals surface area contributed by atoms with Crippen LogP contribution < -0.4 is 26.1 Å². The Hall–Kier alpha value is -2.96. The van der Waals surface area contributed by atoms with Crippen molar-refractivity contribution in [3.63, 3.8) is 0 Å². The van der Waals surface area contributed by atoms with Crippen LogP contribution in [0, 0.1) is 0 Å². The van der Waals surface area contributed by atoms with Crippen LogP contribution in [0.4, 0.5) is 11.4 Å². The molecule has 1 amide bonds. The molecule has 7 nitrogen and oxygen atoms in total. The highest BCUT2D eigenvalue weighted by Crippen LogP contribution is 2.34. The van der Waals surface area contributed by atoms with Gasteiger partial charge in [0.1, 0.15) is 5.69 Å². The van der Waals surface area contributed by atoms with E-state index in [1.807, 2.05) is 0 Å². The smallest absolute Gasteiger partial charge is 0.272 e. The Balaban J connectivity index is 2.31. The van der Waals surface area contributed by atoms with E-state index >= 15 is 0 Å². The molecular formula is C14H15N3O4. The number of H-pyrrole nitrogens is 1. The Morgan fingerprint density at radius 3 is 2.48 bits per heavy atom. The Kier molecular flexibility index (Phi) is 4.13. The summed E-state index contributed by atoms with van der Waals surface area (Å²) in [5.74, 6) is 0.413. The second-order valence-electron chi connectivity index (χ2n) is 4.18. The summed E-state index contributed by atoms with van der Waals surface area (Å²) >= 11 is 0. The lowest BCUT2D eigenvalue weighted by Crippen LogP contribution is -2.18. The highest BCUT2D eigenvalue weighted by Gasteiger charge is 2.13. The maximum absolute atomic E-state index is 12.1. The first-order chi connectivity index (χ1) is 10.0. The number of ether oxygens (including phenoxy) is 2. The second-order valence-corrected chi connectivity index (χ2v) is 4.18. The van der Waals surface area contributed by atoms with E-state index in [-0.39, 0.29) is 11.3 Å². The van der Waals surface area contributed by atoms with Crippen LogP contribution in [0.25, 0.3) is 0 Å². The highest BCUT2D eigenvalue weighted by atomic mass is 16.5. The lowest BCUT2D eigenvalue weighted by molar-refractivity contribution is 0.102. The van der Waals surface area contributed by atoms with Gasteiger partial charge in [-0.05, 0) is 6.07 Å². The molecule has 0 spiro atoms. The summed E-state index contributed by atoms with van der Waals surface area (Å²) in [6.07, 6.45) is 0. The molecular weight excluding hydrogens is 274 g/mol. The number of hydrogen-bond donors (Lipinski definition) is 3. The van der Waals surface area contributed by atoms with Crippen molar-refractivity contribution in [3.8, 4) is 11.5 Å². The molecule has 0 bridgehead atoms. The lowest BCUT2D eigenvalue weighted by Gasteiger charge is -2.13. The van der Waals surface area contributed by atoms with Crippen LogP contribution in [0.5, 0.6) is 11.5 Å². The first-order valence-corrected chi connectivity index (χ1v) is 6.07. The van der Waals surface area contributed by atoms with E-state index in [2.05, 4.69) is 10.3 Å². The van der Waals surface area contributed by atoms with Gasteiger partial charge in [-0.25, -0.2) is 0 Å². The van der Waals surface area contributed by atoms with E-state index in [4.69, 9.17) is 15.2 Å². The van der Waals surface area contributed by atoms with Crippen molar-refractivity contribution in [2.75, 3.05) is 25.3 Å². The van der Waals surface area contributed by atoms with Gasteiger partial charge in [0.25, 0.3) is 5.91 Å². The van der Waals surface area contributed by atoms with E-state index in [0.29, 0.717) is 22.9 Å². The number of nitrogens with one attached hydrogen (secondary N) is 2. The number of aromatic amines is 1. The van der Waals surface area contributed by atoms with Crippen molar-refractivity contribution in [1.82, 2.24) is 4.98 Å². The van der Waals surface area contributed by atoms with Gasteiger partial charge in [0, 0.05) is 18.2 Å². The molecule has 1 aromatic heterocycles. The number of methoxy groups -OCH3 is 2. The fraction of sp³-hybridized carbons (Fsp3) is 0.143. The molecule has 1 heterocycles. The Bertz CT molecular complexity index is 724. The van der Waals surface area contributed by atoms with Crippen LogP contribution in [-0.2, 0) is 0 Å². The van der Waals surface area contributed by atoms with Gasteiger partial charge < -0.3 is 25.5 Å². The maximum Gasteiger partial charge on any atom is 0.272 e. The molecule has 1 aromatic carbocycles. The number of nitrogens with two attached hydrogens (primary N) is 1. The third-order valence-electron chi connectivity index (χ3n) is 2.82. The molecule has 7 heteroatoms. The molecule has 4 N–H and O–H groups in total. The number of rotatable bonds is 4. The molecule has 0 atom stereocenters. The fourth-order valence-corrected chi connectivity index (χ4v) is 1.77. The van der Waals surface area contributed by atoms with Gasteiger partial charge in [-0.1, -0.05) is 6.07 Å². The van der Waals surface area contributed by atoms with E-state index in [9.17, 15) is 9.59 Å². The number of carbonyl (C=O) groups excluding carboxylic acids is 1. The summed E-state index contributed by atoms with van der Waals surface area (Å²) in [6.45, 7) is 0. The van der Waals surface area contributed by atoms with Crippen molar-refractivity contribution in [3.05, 3.63) is 46.4 Å². The summed E-state index contributed by atoms with van der Waals surface area (Å²) in [4.78, 5) is 25.7. The van der Waals surface area contributed by atoms with Crippen LogP contribution in [0.1, 0.15) is 10.5 Å². The van der Waals surface area contributed by atoms with E-state index < -0.39 is 5.91 Å². The molecule has 0 aliphatic heterocycles. The number of hydrogen-bond acceptors (Lipinski definition) is 5. The quantitative estimate of drug-likeness (QED) is 0.734.